The molecule has 1 atom stereocenters. The van der Waals surface area contributed by atoms with Gasteiger partial charge in [-0.15, -0.1) is 0 Å². The molecule has 1 heterocycles. The Hall–Kier alpha value is -2.32. The monoisotopic (exact) mass is 298 g/mol. The molecular weight excluding hydrogens is 276 g/mol. The first kappa shape index (κ1) is 16.1. The van der Waals surface area contributed by atoms with E-state index < -0.39 is 0 Å². The second kappa shape index (κ2) is 7.10. The molecule has 1 aromatic rings. The number of aldehydes is 1. The smallest absolute Gasteiger partial charge is 0.162 e. The van der Waals surface area contributed by atoms with Crippen molar-refractivity contribution >= 4 is 17.7 Å². The Kier molecular flexibility index (Phi) is 5.18. The molecular formula is C17H22N4O. The molecule has 1 aromatic carbocycles. The van der Waals surface area contributed by atoms with Crippen molar-refractivity contribution in [1.82, 2.24) is 10.2 Å². The molecule has 2 rings (SSSR count). The molecule has 1 fully saturated rings. The molecule has 22 heavy (non-hydrogen) atoms. The van der Waals surface area contributed by atoms with Gasteiger partial charge in [0.1, 0.15) is 11.6 Å². The van der Waals surface area contributed by atoms with Gasteiger partial charge in [0.2, 0.25) is 0 Å². The summed E-state index contributed by atoms with van der Waals surface area (Å²) >= 11 is 0. The molecule has 1 saturated heterocycles. The number of nitrogens with one attached hydrogen (secondary N) is 1. The highest BCUT2D eigenvalue weighted by molar-refractivity contribution is 5.94. The number of para-hydroxylation sites is 1. The summed E-state index contributed by atoms with van der Waals surface area (Å²) in [5.74, 6) is 0. The minimum absolute atomic E-state index is 0.183. The van der Waals surface area contributed by atoms with Gasteiger partial charge in [-0.2, -0.15) is 5.26 Å². The van der Waals surface area contributed by atoms with Crippen LogP contribution in [-0.2, 0) is 4.79 Å². The summed E-state index contributed by atoms with van der Waals surface area (Å²) in [4.78, 5) is 15.6. The topological polar surface area (TPSA) is 59.4 Å². The van der Waals surface area contributed by atoms with Gasteiger partial charge in [-0.3, -0.25) is 4.79 Å². The first-order valence-corrected chi connectivity index (χ1v) is 7.43. The number of allylic oxidation sites excluding steroid dienone is 1. The van der Waals surface area contributed by atoms with Gasteiger partial charge < -0.3 is 15.1 Å². The van der Waals surface area contributed by atoms with Crippen LogP contribution in [0, 0.1) is 11.3 Å². The summed E-state index contributed by atoms with van der Waals surface area (Å²) in [5.41, 5.74) is 2.83. The van der Waals surface area contributed by atoms with E-state index in [9.17, 15) is 10.1 Å². The summed E-state index contributed by atoms with van der Waals surface area (Å²) in [7, 11) is 3.93. The largest absolute Gasteiger partial charge is 0.377 e. The zero-order valence-corrected chi connectivity index (χ0v) is 13.3. The number of nitriles is 1. The number of hydrogen-bond acceptors (Lipinski definition) is 5. The van der Waals surface area contributed by atoms with Crippen LogP contribution in [-0.4, -0.2) is 51.0 Å². The van der Waals surface area contributed by atoms with Gasteiger partial charge in [-0.25, -0.2) is 0 Å². The number of carbonyl (C=O) groups is 1. The Balaban J connectivity index is 2.63. The molecule has 0 radical (unpaired) electrons. The number of piperazine rings is 1. The normalized spacial score (nSPS) is 19.2. The van der Waals surface area contributed by atoms with Crippen LogP contribution in [0.2, 0.25) is 0 Å². The molecule has 116 valence electrons. The third kappa shape index (κ3) is 3.12. The highest BCUT2D eigenvalue weighted by Crippen LogP contribution is 2.32. The maximum Gasteiger partial charge on any atom is 0.162 e. The van der Waals surface area contributed by atoms with Crippen LogP contribution in [0.3, 0.4) is 0 Å². The lowest BCUT2D eigenvalue weighted by molar-refractivity contribution is -0.104. The Morgan fingerprint density at radius 1 is 1.45 bits per heavy atom. The standard InChI is InChI=1S/C17H22N4O/c1-13-11-19-8-9-21(13)17(14(10-18)12-22)15-6-4-5-7-16(15)20(2)3/h4-7,12-13,19H,8-9,11H2,1-3H3/b17-14+. The van der Waals surface area contributed by atoms with Crippen molar-refractivity contribution in [1.29, 1.82) is 5.26 Å². The average Bonchev–Trinajstić information content (AvgIpc) is 2.53. The van der Waals surface area contributed by atoms with Gasteiger partial charge >= 0.3 is 0 Å². The average molecular weight is 298 g/mol. The molecule has 1 N–H and O–H groups in total. The SMILES string of the molecule is CC1CNCCN1/C(=C(\C#N)C=O)c1ccccc1N(C)C. The minimum atomic E-state index is 0.183. The van der Waals surface area contributed by atoms with E-state index in [-0.39, 0.29) is 11.6 Å². The van der Waals surface area contributed by atoms with E-state index in [0.717, 1.165) is 36.6 Å². The van der Waals surface area contributed by atoms with Gasteiger partial charge in [-0.05, 0) is 13.0 Å². The Labute approximate surface area is 131 Å². The summed E-state index contributed by atoms with van der Waals surface area (Å²) < 4.78 is 0. The lowest BCUT2D eigenvalue weighted by Gasteiger charge is -2.38. The molecule has 0 spiro atoms. The zero-order chi connectivity index (χ0) is 16.1. The summed E-state index contributed by atoms with van der Waals surface area (Å²) in [5, 5.41) is 12.7. The summed E-state index contributed by atoms with van der Waals surface area (Å²) in [6, 6.07) is 10.2. The van der Waals surface area contributed by atoms with E-state index >= 15 is 0 Å². The fraction of sp³-hybridized carbons (Fsp3) is 0.412. The number of carbonyl (C=O) groups excluding carboxylic acids is 1. The van der Waals surface area contributed by atoms with Gasteiger partial charge in [0.15, 0.2) is 6.29 Å². The fourth-order valence-electron chi connectivity index (χ4n) is 2.83. The summed E-state index contributed by atoms with van der Waals surface area (Å²) in [6.07, 6.45) is 0.663. The molecule has 1 aliphatic heterocycles. The van der Waals surface area contributed by atoms with Crippen LogP contribution in [0.5, 0.6) is 0 Å². The van der Waals surface area contributed by atoms with Crippen molar-refractivity contribution in [3.63, 3.8) is 0 Å². The molecule has 0 aromatic heterocycles. The van der Waals surface area contributed by atoms with Crippen molar-refractivity contribution < 1.29 is 4.79 Å². The highest BCUT2D eigenvalue weighted by Gasteiger charge is 2.26. The maximum absolute atomic E-state index is 11.4. The van der Waals surface area contributed by atoms with E-state index in [1.807, 2.05) is 43.3 Å². The maximum atomic E-state index is 11.4. The van der Waals surface area contributed by atoms with E-state index in [2.05, 4.69) is 23.2 Å². The van der Waals surface area contributed by atoms with Crippen molar-refractivity contribution in [3.05, 3.63) is 35.4 Å². The third-order valence-corrected chi connectivity index (χ3v) is 3.92. The van der Waals surface area contributed by atoms with Gasteiger partial charge in [0, 0.05) is 51.0 Å². The first-order valence-electron chi connectivity index (χ1n) is 7.43. The van der Waals surface area contributed by atoms with Crippen LogP contribution in [0.4, 0.5) is 5.69 Å². The van der Waals surface area contributed by atoms with Crippen LogP contribution in [0.15, 0.2) is 29.8 Å². The second-order valence-electron chi connectivity index (χ2n) is 5.65. The van der Waals surface area contributed by atoms with Crippen molar-refractivity contribution in [2.24, 2.45) is 0 Å². The lowest BCUT2D eigenvalue weighted by Crippen LogP contribution is -2.49. The fourth-order valence-corrected chi connectivity index (χ4v) is 2.83. The third-order valence-electron chi connectivity index (χ3n) is 3.92. The second-order valence-corrected chi connectivity index (χ2v) is 5.65. The molecule has 5 heteroatoms. The molecule has 5 nitrogen and oxygen atoms in total. The zero-order valence-electron chi connectivity index (χ0n) is 13.3. The van der Waals surface area contributed by atoms with Crippen molar-refractivity contribution in [2.45, 2.75) is 13.0 Å². The molecule has 1 unspecified atom stereocenters. The molecule has 0 saturated carbocycles. The van der Waals surface area contributed by atoms with Crippen LogP contribution >= 0.6 is 0 Å². The number of nitrogens with zero attached hydrogens (tertiary/aromatic N) is 3. The number of anilines is 1. The van der Waals surface area contributed by atoms with E-state index in [1.54, 1.807) is 0 Å². The van der Waals surface area contributed by atoms with Gasteiger partial charge in [0.05, 0.1) is 5.70 Å². The number of rotatable bonds is 4. The molecule has 0 amide bonds. The van der Waals surface area contributed by atoms with Crippen LogP contribution < -0.4 is 10.2 Å². The van der Waals surface area contributed by atoms with E-state index in [0.29, 0.717) is 6.29 Å². The predicted molar refractivity (Wildman–Crippen MR) is 88.4 cm³/mol. The Morgan fingerprint density at radius 2 is 2.18 bits per heavy atom. The number of benzene rings is 1. The van der Waals surface area contributed by atoms with Gasteiger partial charge in [-0.1, -0.05) is 18.2 Å². The predicted octanol–water partition coefficient (Wildman–Crippen LogP) is 1.48. The lowest BCUT2D eigenvalue weighted by atomic mass is 10.0. The van der Waals surface area contributed by atoms with Crippen LogP contribution in [0.1, 0.15) is 12.5 Å². The first-order chi connectivity index (χ1) is 10.6. The molecule has 1 aliphatic rings. The Morgan fingerprint density at radius 3 is 2.77 bits per heavy atom. The number of hydrogen-bond donors (Lipinski definition) is 1. The molecule has 0 aliphatic carbocycles. The highest BCUT2D eigenvalue weighted by atomic mass is 16.1. The van der Waals surface area contributed by atoms with Crippen molar-refractivity contribution in [2.75, 3.05) is 38.6 Å². The quantitative estimate of drug-likeness (QED) is 0.518. The molecule has 0 bridgehead atoms. The van der Waals surface area contributed by atoms with E-state index in [1.165, 1.54) is 0 Å². The van der Waals surface area contributed by atoms with E-state index in [4.69, 9.17) is 0 Å². The Bertz CT molecular complexity index is 615. The minimum Gasteiger partial charge on any atom is -0.377 e. The van der Waals surface area contributed by atoms with Crippen molar-refractivity contribution in [3.8, 4) is 6.07 Å². The summed E-state index contributed by atoms with van der Waals surface area (Å²) in [6.45, 7) is 4.56. The van der Waals surface area contributed by atoms with Crippen LogP contribution in [0.25, 0.3) is 5.70 Å². The van der Waals surface area contributed by atoms with Gasteiger partial charge in [0.25, 0.3) is 0 Å².